The third-order valence-electron chi connectivity index (χ3n) is 13.5. The molecule has 2 aromatic heterocycles. The Morgan fingerprint density at radius 2 is 0.803 bits per heavy atom. The smallest absolute Gasteiger partial charge is 0.164 e. The Kier molecular flexibility index (Phi) is 8.93. The van der Waals surface area contributed by atoms with Crippen LogP contribution in [0.1, 0.15) is 22.3 Å². The number of fused-ring (bicyclic) bond motifs is 7. The molecule has 3 nitrogen and oxygen atoms in total. The lowest BCUT2D eigenvalue weighted by Gasteiger charge is -2.33. The Hall–Kier alpha value is -8.31. The topological polar surface area (TPSA) is 38.7 Å². The van der Waals surface area contributed by atoms with E-state index in [2.05, 4.69) is 237 Å². The lowest BCUT2D eigenvalue weighted by atomic mass is 9.67. The van der Waals surface area contributed by atoms with Crippen molar-refractivity contribution >= 4 is 42.3 Å². The summed E-state index contributed by atoms with van der Waals surface area (Å²) in [4.78, 5) is 16.0. The molecule has 0 unspecified atom stereocenters. The summed E-state index contributed by atoms with van der Waals surface area (Å²) in [6.45, 7) is 0. The molecular formula is C62H39N3S. The van der Waals surface area contributed by atoms with Crippen molar-refractivity contribution in [3.63, 3.8) is 0 Å². The number of benzene rings is 10. The van der Waals surface area contributed by atoms with Crippen molar-refractivity contribution in [1.29, 1.82) is 0 Å². The summed E-state index contributed by atoms with van der Waals surface area (Å²) >= 11 is 1.84. The van der Waals surface area contributed by atoms with Gasteiger partial charge in [0.2, 0.25) is 0 Å². The number of aromatic nitrogens is 3. The fourth-order valence-corrected chi connectivity index (χ4v) is 11.5. The fourth-order valence-electron chi connectivity index (χ4n) is 10.4. The first-order chi connectivity index (χ1) is 32.7. The van der Waals surface area contributed by atoms with Crippen LogP contribution in [-0.2, 0) is 5.41 Å². The van der Waals surface area contributed by atoms with E-state index in [0.717, 1.165) is 33.4 Å². The molecule has 0 radical (unpaired) electrons. The van der Waals surface area contributed by atoms with Gasteiger partial charge >= 0.3 is 0 Å². The number of nitrogens with zero attached hydrogens (tertiary/aromatic N) is 3. The van der Waals surface area contributed by atoms with E-state index in [4.69, 9.17) is 15.0 Å². The molecule has 66 heavy (non-hydrogen) atoms. The van der Waals surface area contributed by atoms with E-state index in [0.29, 0.717) is 17.5 Å². The van der Waals surface area contributed by atoms with E-state index in [9.17, 15) is 0 Å². The molecule has 0 fully saturated rings. The van der Waals surface area contributed by atoms with Crippen LogP contribution in [-0.4, -0.2) is 15.0 Å². The standard InChI is InChI=1S/C62H39N3S/c1-3-17-46(18-4-1)62(47-19-5-2-6-20-47)54-26-11-9-23-51(54)58-52(25-14-27-55(58)62)61-64-59(43-33-29-40(30-34-43)45-37-38-57-53(39-45)50-22-10-12-28-56(50)66-57)63-60(65-61)44-35-31-42(32-36-44)49-24-13-16-41-15-7-8-21-48(41)49/h1-39H. The number of thiophene rings is 1. The van der Waals surface area contributed by atoms with Gasteiger partial charge in [0.25, 0.3) is 0 Å². The highest BCUT2D eigenvalue weighted by Gasteiger charge is 2.47. The molecule has 0 N–H and O–H groups in total. The van der Waals surface area contributed by atoms with Crippen LogP contribution in [0.15, 0.2) is 237 Å². The van der Waals surface area contributed by atoms with E-state index in [-0.39, 0.29) is 0 Å². The first-order valence-corrected chi connectivity index (χ1v) is 23.2. The molecular weight excluding hydrogens is 819 g/mol. The van der Waals surface area contributed by atoms with E-state index >= 15 is 0 Å². The first-order valence-electron chi connectivity index (χ1n) is 22.4. The zero-order valence-electron chi connectivity index (χ0n) is 35.8. The Morgan fingerprint density at radius 1 is 0.303 bits per heavy atom. The van der Waals surface area contributed by atoms with Crippen LogP contribution in [0.3, 0.4) is 0 Å². The molecule has 0 amide bonds. The quantitative estimate of drug-likeness (QED) is 0.160. The van der Waals surface area contributed by atoms with E-state index in [1.54, 1.807) is 0 Å². The molecule has 1 aliphatic rings. The maximum Gasteiger partial charge on any atom is 0.164 e. The zero-order chi connectivity index (χ0) is 43.6. The molecule has 2 heterocycles. The molecule has 13 rings (SSSR count). The summed E-state index contributed by atoms with van der Waals surface area (Å²) < 4.78 is 2.61. The van der Waals surface area contributed by atoms with Gasteiger partial charge in [-0.2, -0.15) is 0 Å². The third-order valence-corrected chi connectivity index (χ3v) is 14.6. The highest BCUT2D eigenvalue weighted by atomic mass is 32.1. The van der Waals surface area contributed by atoms with Gasteiger partial charge in [0, 0.05) is 36.9 Å². The van der Waals surface area contributed by atoms with Crippen LogP contribution < -0.4 is 0 Å². The minimum absolute atomic E-state index is 0.547. The van der Waals surface area contributed by atoms with Crippen molar-refractivity contribution in [1.82, 2.24) is 15.0 Å². The average molecular weight is 858 g/mol. The minimum Gasteiger partial charge on any atom is -0.208 e. The van der Waals surface area contributed by atoms with E-state index in [1.165, 1.54) is 69.9 Å². The third kappa shape index (κ3) is 6.07. The van der Waals surface area contributed by atoms with E-state index < -0.39 is 5.41 Å². The largest absolute Gasteiger partial charge is 0.208 e. The predicted molar refractivity (Wildman–Crippen MR) is 275 cm³/mol. The second-order valence-corrected chi connectivity index (χ2v) is 18.1. The van der Waals surface area contributed by atoms with Crippen LogP contribution in [0.4, 0.5) is 0 Å². The van der Waals surface area contributed by atoms with Crippen molar-refractivity contribution in [3.05, 3.63) is 259 Å². The van der Waals surface area contributed by atoms with Crippen LogP contribution in [0, 0.1) is 0 Å². The lowest BCUT2D eigenvalue weighted by Crippen LogP contribution is -2.28. The predicted octanol–water partition coefficient (Wildman–Crippen LogP) is 16.1. The Labute approximate surface area is 387 Å². The monoisotopic (exact) mass is 857 g/mol. The number of hydrogen-bond acceptors (Lipinski definition) is 4. The minimum atomic E-state index is -0.547. The summed E-state index contributed by atoms with van der Waals surface area (Å²) in [5.74, 6) is 1.88. The van der Waals surface area contributed by atoms with Gasteiger partial charge in [0.15, 0.2) is 17.5 Å². The highest BCUT2D eigenvalue weighted by molar-refractivity contribution is 7.25. The van der Waals surface area contributed by atoms with Gasteiger partial charge in [-0.15, -0.1) is 11.3 Å². The molecule has 0 atom stereocenters. The maximum absolute atomic E-state index is 5.39. The molecule has 1 aliphatic carbocycles. The van der Waals surface area contributed by atoms with Gasteiger partial charge in [-0.05, 0) is 84.6 Å². The molecule has 12 aromatic rings. The maximum atomic E-state index is 5.39. The van der Waals surface area contributed by atoms with Gasteiger partial charge in [-0.1, -0.05) is 218 Å². The van der Waals surface area contributed by atoms with Crippen molar-refractivity contribution in [3.8, 4) is 67.5 Å². The van der Waals surface area contributed by atoms with Crippen LogP contribution in [0.5, 0.6) is 0 Å². The molecule has 0 spiro atoms. The SMILES string of the molecule is c1ccc(C2(c3ccccc3)c3ccccc3-c3c(-c4nc(-c5ccc(-c6ccc7sc8ccccc8c7c6)cc5)nc(-c5ccc(-c6cccc7ccccc67)cc5)n4)cccc32)cc1. The van der Waals surface area contributed by atoms with E-state index in [1.807, 2.05) is 11.3 Å². The molecule has 10 aromatic carbocycles. The van der Waals surface area contributed by atoms with Crippen molar-refractivity contribution in [2.45, 2.75) is 5.41 Å². The number of hydrogen-bond donors (Lipinski definition) is 0. The second-order valence-electron chi connectivity index (χ2n) is 17.1. The molecule has 0 aliphatic heterocycles. The summed E-state index contributed by atoms with van der Waals surface area (Å²) in [5, 5.41) is 5.03. The second kappa shape index (κ2) is 15.4. The molecule has 0 saturated heterocycles. The highest BCUT2D eigenvalue weighted by Crippen LogP contribution is 2.58. The Bertz CT molecular complexity index is 3760. The number of rotatable bonds is 7. The van der Waals surface area contributed by atoms with Crippen LogP contribution in [0.2, 0.25) is 0 Å². The average Bonchev–Trinajstić information content (AvgIpc) is 3.93. The Morgan fingerprint density at radius 3 is 1.55 bits per heavy atom. The summed E-state index contributed by atoms with van der Waals surface area (Å²) in [7, 11) is 0. The lowest BCUT2D eigenvalue weighted by molar-refractivity contribution is 0.768. The van der Waals surface area contributed by atoms with Gasteiger partial charge in [0.1, 0.15) is 0 Å². The first kappa shape index (κ1) is 38.2. The summed E-state index contributed by atoms with van der Waals surface area (Å²) in [6.07, 6.45) is 0. The van der Waals surface area contributed by atoms with Crippen LogP contribution >= 0.6 is 11.3 Å². The van der Waals surface area contributed by atoms with Crippen molar-refractivity contribution in [2.75, 3.05) is 0 Å². The van der Waals surface area contributed by atoms with Gasteiger partial charge in [-0.25, -0.2) is 15.0 Å². The molecule has 308 valence electrons. The molecule has 4 heteroatoms. The van der Waals surface area contributed by atoms with Gasteiger partial charge < -0.3 is 0 Å². The zero-order valence-corrected chi connectivity index (χ0v) is 36.6. The van der Waals surface area contributed by atoms with Crippen molar-refractivity contribution < 1.29 is 0 Å². The molecule has 0 saturated carbocycles. The fraction of sp³-hybridized carbons (Fsp3) is 0.0161. The van der Waals surface area contributed by atoms with Gasteiger partial charge in [-0.3, -0.25) is 0 Å². The van der Waals surface area contributed by atoms with Crippen LogP contribution in [0.25, 0.3) is 98.5 Å². The summed E-state index contributed by atoms with van der Waals surface area (Å²) in [5.41, 5.74) is 14.1. The Balaban J connectivity index is 0.985. The normalized spacial score (nSPS) is 12.7. The molecule has 0 bridgehead atoms. The summed E-state index contributed by atoms with van der Waals surface area (Å²) in [6, 6.07) is 85.2. The van der Waals surface area contributed by atoms with Gasteiger partial charge in [0.05, 0.1) is 5.41 Å². The van der Waals surface area contributed by atoms with Crippen molar-refractivity contribution in [2.24, 2.45) is 0 Å².